The van der Waals surface area contributed by atoms with E-state index >= 15 is 0 Å². The zero-order valence-corrected chi connectivity index (χ0v) is 16.3. The number of unbranched alkanes of at least 4 members (excludes halogenated alkanes) is 1. The van der Waals surface area contributed by atoms with E-state index in [4.69, 9.17) is 9.57 Å². The third kappa shape index (κ3) is 2.61. The molecule has 26 heavy (non-hydrogen) atoms. The smallest absolute Gasteiger partial charge is 0.124 e. The number of nitrogens with zero attached hydrogens (tertiary/aromatic N) is 1. The van der Waals surface area contributed by atoms with Gasteiger partial charge < -0.3 is 4.74 Å². The van der Waals surface area contributed by atoms with Gasteiger partial charge in [-0.15, -0.1) is 0 Å². The number of hydrogen-bond donors (Lipinski definition) is 0. The molecule has 0 N–H and O–H groups in total. The van der Waals surface area contributed by atoms with Crippen LogP contribution in [0.5, 0.6) is 5.75 Å². The third-order valence-electron chi connectivity index (χ3n) is 6.22. The minimum atomic E-state index is 0.0212. The predicted octanol–water partition coefficient (Wildman–Crippen LogP) is 5.44. The highest BCUT2D eigenvalue weighted by Gasteiger charge is 2.50. The molecular weight excluding hydrogens is 322 g/mol. The standard InChI is InChI=1S/C23H29NO2/c1-5-6-9-16-12-13-21-17(14-16)22-19(15-26-21)23(2,3)18-10-7-8-11-20(18)24(22)25-4/h7-8,10-14,19,22H,5-6,9,15H2,1-4H3. The van der Waals surface area contributed by atoms with Crippen LogP contribution in [-0.2, 0) is 16.7 Å². The molecule has 2 aromatic rings. The fourth-order valence-corrected chi connectivity index (χ4v) is 4.65. The summed E-state index contributed by atoms with van der Waals surface area (Å²) in [5.74, 6) is 1.34. The first-order valence-corrected chi connectivity index (χ1v) is 9.76. The molecule has 2 aromatic carbocycles. The van der Waals surface area contributed by atoms with Crippen LogP contribution < -0.4 is 9.80 Å². The van der Waals surface area contributed by atoms with Gasteiger partial charge in [0.25, 0.3) is 0 Å². The lowest BCUT2D eigenvalue weighted by Gasteiger charge is -2.52. The Morgan fingerprint density at radius 2 is 2.00 bits per heavy atom. The Bertz CT molecular complexity index is 799. The molecule has 138 valence electrons. The van der Waals surface area contributed by atoms with E-state index < -0.39 is 0 Å². The van der Waals surface area contributed by atoms with Crippen molar-refractivity contribution in [1.82, 2.24) is 0 Å². The fraction of sp³-hybridized carbons (Fsp3) is 0.478. The summed E-state index contributed by atoms with van der Waals surface area (Å²) in [5.41, 5.74) is 5.18. The molecule has 2 heterocycles. The van der Waals surface area contributed by atoms with Gasteiger partial charge >= 0.3 is 0 Å². The summed E-state index contributed by atoms with van der Waals surface area (Å²) >= 11 is 0. The van der Waals surface area contributed by atoms with Crippen molar-refractivity contribution in [3.8, 4) is 5.75 Å². The number of benzene rings is 2. The maximum atomic E-state index is 6.21. The molecule has 3 heteroatoms. The van der Waals surface area contributed by atoms with Crippen LogP contribution in [0.3, 0.4) is 0 Å². The highest BCUT2D eigenvalue weighted by molar-refractivity contribution is 5.61. The minimum absolute atomic E-state index is 0.0212. The van der Waals surface area contributed by atoms with Crippen LogP contribution in [0.4, 0.5) is 5.69 Å². The molecule has 0 saturated carbocycles. The van der Waals surface area contributed by atoms with Crippen LogP contribution in [0.1, 0.15) is 56.3 Å². The van der Waals surface area contributed by atoms with Gasteiger partial charge in [-0.25, -0.2) is 5.06 Å². The third-order valence-corrected chi connectivity index (χ3v) is 6.22. The van der Waals surface area contributed by atoms with E-state index in [-0.39, 0.29) is 11.5 Å². The lowest BCUT2D eigenvalue weighted by Crippen LogP contribution is -2.51. The number of para-hydroxylation sites is 1. The first kappa shape index (κ1) is 17.4. The van der Waals surface area contributed by atoms with Crippen molar-refractivity contribution in [2.45, 2.75) is 51.5 Å². The minimum Gasteiger partial charge on any atom is -0.493 e. The van der Waals surface area contributed by atoms with Crippen LogP contribution in [0, 0.1) is 5.92 Å². The molecule has 2 atom stereocenters. The summed E-state index contributed by atoms with van der Waals surface area (Å²) in [6, 6.07) is 15.5. The van der Waals surface area contributed by atoms with Crippen LogP contribution >= 0.6 is 0 Å². The lowest BCUT2D eigenvalue weighted by atomic mass is 9.65. The molecule has 0 spiro atoms. The largest absolute Gasteiger partial charge is 0.493 e. The van der Waals surface area contributed by atoms with Crippen molar-refractivity contribution in [2.24, 2.45) is 5.92 Å². The molecule has 0 amide bonds. The highest BCUT2D eigenvalue weighted by Crippen LogP contribution is 2.55. The average Bonchev–Trinajstić information content (AvgIpc) is 2.66. The zero-order valence-electron chi connectivity index (χ0n) is 16.3. The maximum absolute atomic E-state index is 6.21. The van der Waals surface area contributed by atoms with Gasteiger partial charge in [0, 0.05) is 16.9 Å². The molecule has 0 saturated heterocycles. The number of aryl methyl sites for hydroxylation is 1. The van der Waals surface area contributed by atoms with E-state index in [2.05, 4.69) is 68.3 Å². The monoisotopic (exact) mass is 351 g/mol. The lowest BCUT2D eigenvalue weighted by molar-refractivity contribution is 0.0441. The van der Waals surface area contributed by atoms with Crippen LogP contribution in [0.15, 0.2) is 42.5 Å². The molecule has 2 aliphatic rings. The molecule has 0 aliphatic carbocycles. The van der Waals surface area contributed by atoms with E-state index in [0.717, 1.165) is 12.2 Å². The Balaban J connectivity index is 1.84. The van der Waals surface area contributed by atoms with E-state index in [1.54, 1.807) is 7.11 Å². The van der Waals surface area contributed by atoms with Gasteiger partial charge in [0.2, 0.25) is 0 Å². The normalized spacial score (nSPS) is 22.8. The van der Waals surface area contributed by atoms with Crippen LogP contribution in [-0.4, -0.2) is 13.7 Å². The predicted molar refractivity (Wildman–Crippen MR) is 106 cm³/mol. The van der Waals surface area contributed by atoms with Gasteiger partial charge in [-0.2, -0.15) is 0 Å². The first-order chi connectivity index (χ1) is 12.6. The number of hydrogen-bond acceptors (Lipinski definition) is 3. The SMILES string of the molecule is CCCCc1ccc2c(c1)C1C(CO2)C(C)(C)c2ccccc2N1OC. The zero-order chi connectivity index (χ0) is 18.3. The Kier molecular flexibility index (Phi) is 4.44. The topological polar surface area (TPSA) is 21.7 Å². The molecule has 2 unspecified atom stereocenters. The Morgan fingerprint density at radius 3 is 2.77 bits per heavy atom. The summed E-state index contributed by atoms with van der Waals surface area (Å²) in [5, 5.41) is 2.11. The average molecular weight is 351 g/mol. The molecule has 0 fully saturated rings. The number of ether oxygens (including phenoxy) is 1. The van der Waals surface area contributed by atoms with Crippen molar-refractivity contribution in [3.05, 3.63) is 59.2 Å². The number of fused-ring (bicyclic) bond motifs is 4. The summed E-state index contributed by atoms with van der Waals surface area (Å²) in [6.45, 7) is 7.63. The van der Waals surface area contributed by atoms with E-state index in [9.17, 15) is 0 Å². The molecule has 2 aliphatic heterocycles. The Morgan fingerprint density at radius 1 is 1.19 bits per heavy atom. The quantitative estimate of drug-likeness (QED) is 0.732. The van der Waals surface area contributed by atoms with Crippen molar-refractivity contribution in [2.75, 3.05) is 18.8 Å². The molecule has 0 aromatic heterocycles. The van der Waals surface area contributed by atoms with E-state index in [1.807, 2.05) is 0 Å². The van der Waals surface area contributed by atoms with Gasteiger partial charge in [-0.05, 0) is 42.2 Å². The van der Waals surface area contributed by atoms with Gasteiger partial charge in [0.1, 0.15) is 5.75 Å². The number of rotatable bonds is 4. The van der Waals surface area contributed by atoms with Gasteiger partial charge in [-0.3, -0.25) is 4.84 Å². The summed E-state index contributed by atoms with van der Waals surface area (Å²) in [4.78, 5) is 5.94. The molecule has 4 rings (SSSR count). The molecule has 3 nitrogen and oxygen atoms in total. The fourth-order valence-electron chi connectivity index (χ4n) is 4.65. The summed E-state index contributed by atoms with van der Waals surface area (Å²) in [7, 11) is 1.78. The van der Waals surface area contributed by atoms with Crippen molar-refractivity contribution < 1.29 is 9.57 Å². The van der Waals surface area contributed by atoms with Crippen LogP contribution in [0.25, 0.3) is 0 Å². The van der Waals surface area contributed by atoms with Gasteiger partial charge in [-0.1, -0.05) is 51.5 Å². The Labute approximate surface area is 156 Å². The van der Waals surface area contributed by atoms with E-state index in [0.29, 0.717) is 12.5 Å². The van der Waals surface area contributed by atoms with Crippen molar-refractivity contribution in [3.63, 3.8) is 0 Å². The van der Waals surface area contributed by atoms with Crippen molar-refractivity contribution >= 4 is 5.69 Å². The summed E-state index contributed by atoms with van der Waals surface area (Å²) in [6.07, 6.45) is 3.55. The van der Waals surface area contributed by atoms with Gasteiger partial charge in [0.15, 0.2) is 0 Å². The molecular formula is C23H29NO2. The number of hydroxylamine groups is 1. The second kappa shape index (κ2) is 6.62. The van der Waals surface area contributed by atoms with Crippen LogP contribution in [0.2, 0.25) is 0 Å². The highest BCUT2D eigenvalue weighted by atomic mass is 16.7. The number of anilines is 1. The van der Waals surface area contributed by atoms with Crippen molar-refractivity contribution in [1.29, 1.82) is 0 Å². The van der Waals surface area contributed by atoms with Gasteiger partial charge in [0.05, 0.1) is 25.4 Å². The molecule has 0 bridgehead atoms. The first-order valence-electron chi connectivity index (χ1n) is 9.76. The molecule has 0 radical (unpaired) electrons. The second-order valence-corrected chi connectivity index (χ2v) is 8.09. The Hall–Kier alpha value is -2.00. The second-order valence-electron chi connectivity index (χ2n) is 8.09. The summed E-state index contributed by atoms with van der Waals surface area (Å²) < 4.78 is 6.21. The van der Waals surface area contributed by atoms with E-state index in [1.165, 1.54) is 35.2 Å². The maximum Gasteiger partial charge on any atom is 0.124 e.